The Morgan fingerprint density at radius 1 is 1.21 bits per heavy atom. The van der Waals surface area contributed by atoms with Crippen molar-refractivity contribution in [3.8, 4) is 0 Å². The highest BCUT2D eigenvalue weighted by molar-refractivity contribution is 6.35. The van der Waals surface area contributed by atoms with Gasteiger partial charge in [0.25, 0.3) is 0 Å². The van der Waals surface area contributed by atoms with Gasteiger partial charge >= 0.3 is 0 Å². The van der Waals surface area contributed by atoms with Crippen molar-refractivity contribution in [2.75, 3.05) is 19.6 Å². The van der Waals surface area contributed by atoms with Crippen LogP contribution in [0.25, 0.3) is 0 Å². The number of rotatable bonds is 2. The van der Waals surface area contributed by atoms with Gasteiger partial charge in [0.1, 0.15) is 0 Å². The van der Waals surface area contributed by atoms with Crippen LogP contribution in [0.1, 0.15) is 12.0 Å². The molecular weight excluding hydrogens is 328 g/mol. The summed E-state index contributed by atoms with van der Waals surface area (Å²) in [7, 11) is 0. The Labute approximate surface area is 135 Å². The molecule has 0 aromatic carbocycles. The molecule has 0 saturated carbocycles. The summed E-state index contributed by atoms with van der Waals surface area (Å²) in [6.07, 6.45) is 4.62. The van der Waals surface area contributed by atoms with Gasteiger partial charge in [-0.3, -0.25) is 9.88 Å². The third-order valence-electron chi connectivity index (χ3n) is 3.77. The molecule has 2 aliphatic heterocycles. The van der Waals surface area contributed by atoms with Crippen LogP contribution in [0.2, 0.25) is 10.0 Å². The van der Waals surface area contributed by atoms with Crippen LogP contribution in [-0.4, -0.2) is 35.6 Å². The van der Waals surface area contributed by atoms with Crippen molar-refractivity contribution in [2.45, 2.75) is 19.0 Å². The fraction of sp³-hybridized carbons (Fsp3) is 0.583. The molecule has 1 aromatic rings. The molecule has 3 heterocycles. The normalized spacial score (nSPS) is 25.6. The molecule has 7 heteroatoms. The molecule has 1 N–H and O–H groups in total. The van der Waals surface area contributed by atoms with Crippen molar-refractivity contribution >= 4 is 48.0 Å². The molecule has 0 spiro atoms. The van der Waals surface area contributed by atoms with Gasteiger partial charge in [-0.25, -0.2) is 0 Å². The van der Waals surface area contributed by atoms with Gasteiger partial charge in [-0.15, -0.1) is 24.8 Å². The molecule has 0 amide bonds. The molecular formula is C12H17Cl4N3. The van der Waals surface area contributed by atoms with Crippen molar-refractivity contribution in [3.05, 3.63) is 28.0 Å². The minimum atomic E-state index is 0. The second-order valence-electron chi connectivity index (χ2n) is 4.89. The van der Waals surface area contributed by atoms with E-state index >= 15 is 0 Å². The van der Waals surface area contributed by atoms with Crippen molar-refractivity contribution in [1.29, 1.82) is 0 Å². The first-order valence-electron chi connectivity index (χ1n) is 5.97. The monoisotopic (exact) mass is 343 g/mol. The fourth-order valence-corrected chi connectivity index (χ4v) is 3.36. The van der Waals surface area contributed by atoms with Gasteiger partial charge < -0.3 is 5.32 Å². The van der Waals surface area contributed by atoms with Crippen molar-refractivity contribution < 1.29 is 0 Å². The lowest BCUT2D eigenvalue weighted by atomic mass is 10.1. The Balaban J connectivity index is 0.000000902. The Morgan fingerprint density at radius 2 is 1.89 bits per heavy atom. The Hall–Kier alpha value is 0.230. The lowest BCUT2D eigenvalue weighted by Crippen LogP contribution is -2.30. The van der Waals surface area contributed by atoms with Crippen LogP contribution in [-0.2, 0) is 6.54 Å². The van der Waals surface area contributed by atoms with Crippen molar-refractivity contribution in [1.82, 2.24) is 15.2 Å². The Morgan fingerprint density at radius 3 is 2.53 bits per heavy atom. The topological polar surface area (TPSA) is 28.2 Å². The van der Waals surface area contributed by atoms with Gasteiger partial charge in [0.05, 0.1) is 10.0 Å². The molecule has 108 valence electrons. The Kier molecular flexibility index (Phi) is 6.64. The van der Waals surface area contributed by atoms with Crippen LogP contribution in [0, 0.1) is 5.92 Å². The third kappa shape index (κ3) is 3.66. The molecule has 2 fully saturated rings. The van der Waals surface area contributed by atoms with Gasteiger partial charge in [0.2, 0.25) is 0 Å². The maximum absolute atomic E-state index is 6.14. The zero-order valence-corrected chi connectivity index (χ0v) is 13.5. The predicted octanol–water partition coefficient (Wildman–Crippen LogP) is 3.03. The maximum atomic E-state index is 6.14. The van der Waals surface area contributed by atoms with Gasteiger partial charge in [0, 0.05) is 43.6 Å². The van der Waals surface area contributed by atoms with Gasteiger partial charge in [-0.2, -0.15) is 0 Å². The highest BCUT2D eigenvalue weighted by Crippen LogP contribution is 2.29. The van der Waals surface area contributed by atoms with E-state index in [0.29, 0.717) is 16.1 Å². The van der Waals surface area contributed by atoms with E-state index < -0.39 is 0 Å². The first-order chi connectivity index (χ1) is 8.24. The van der Waals surface area contributed by atoms with E-state index in [4.69, 9.17) is 23.2 Å². The maximum Gasteiger partial charge on any atom is 0.0649 e. The Bertz CT molecular complexity index is 397. The lowest BCUT2D eigenvalue weighted by molar-refractivity contribution is 0.307. The number of nitrogens with zero attached hydrogens (tertiary/aromatic N) is 2. The molecule has 2 atom stereocenters. The quantitative estimate of drug-likeness (QED) is 0.893. The second kappa shape index (κ2) is 7.30. The zero-order chi connectivity index (χ0) is 11.8. The minimum absolute atomic E-state index is 0. The van der Waals surface area contributed by atoms with E-state index in [1.54, 1.807) is 12.4 Å². The van der Waals surface area contributed by atoms with E-state index in [2.05, 4.69) is 15.2 Å². The van der Waals surface area contributed by atoms with Crippen LogP contribution < -0.4 is 5.32 Å². The van der Waals surface area contributed by atoms with Crippen LogP contribution >= 0.6 is 48.0 Å². The second-order valence-corrected chi connectivity index (χ2v) is 5.70. The van der Waals surface area contributed by atoms with E-state index in [-0.39, 0.29) is 24.8 Å². The summed E-state index contributed by atoms with van der Waals surface area (Å²) >= 11 is 12.3. The highest BCUT2D eigenvalue weighted by Gasteiger charge is 2.35. The van der Waals surface area contributed by atoms with Crippen LogP contribution in [0.15, 0.2) is 12.4 Å². The zero-order valence-electron chi connectivity index (χ0n) is 10.3. The molecule has 0 aliphatic carbocycles. The predicted molar refractivity (Wildman–Crippen MR) is 83.9 cm³/mol. The fourth-order valence-electron chi connectivity index (χ4n) is 2.88. The number of nitrogens with one attached hydrogen (secondary N) is 1. The van der Waals surface area contributed by atoms with E-state index in [1.165, 1.54) is 13.0 Å². The average molecular weight is 345 g/mol. The standard InChI is InChI=1S/C12H15Cl2N3.2ClH/c13-10-3-15-4-11(14)9(10)6-17-5-8-1-2-16-12(8)7-17;;/h3-4,8,12,16H,1-2,5-7H2;2*1H/t8-,12+;;/m0../s1. The summed E-state index contributed by atoms with van der Waals surface area (Å²) in [6, 6.07) is 0.661. The molecule has 1 aromatic heterocycles. The summed E-state index contributed by atoms with van der Waals surface area (Å²) in [5, 5.41) is 4.88. The van der Waals surface area contributed by atoms with E-state index in [1.807, 2.05) is 0 Å². The minimum Gasteiger partial charge on any atom is -0.312 e. The largest absolute Gasteiger partial charge is 0.312 e. The SMILES string of the molecule is Cl.Cl.Clc1cncc(Cl)c1CN1C[C@@H]2CCN[C@@H]2C1. The number of hydrogen-bond acceptors (Lipinski definition) is 3. The number of likely N-dealkylation sites (tertiary alicyclic amines) is 1. The number of halogens is 4. The molecule has 3 nitrogen and oxygen atoms in total. The molecule has 0 bridgehead atoms. The van der Waals surface area contributed by atoms with E-state index in [0.717, 1.165) is 31.1 Å². The third-order valence-corrected chi connectivity index (χ3v) is 4.42. The summed E-state index contributed by atoms with van der Waals surface area (Å²) in [4.78, 5) is 6.41. The molecule has 2 saturated heterocycles. The molecule has 2 aliphatic rings. The first kappa shape index (κ1) is 17.3. The van der Waals surface area contributed by atoms with Gasteiger partial charge in [-0.1, -0.05) is 23.2 Å². The first-order valence-corrected chi connectivity index (χ1v) is 6.73. The highest BCUT2D eigenvalue weighted by atomic mass is 35.5. The average Bonchev–Trinajstić information content (AvgIpc) is 2.83. The number of aromatic nitrogens is 1. The van der Waals surface area contributed by atoms with Gasteiger partial charge in [0.15, 0.2) is 0 Å². The van der Waals surface area contributed by atoms with Crippen molar-refractivity contribution in [3.63, 3.8) is 0 Å². The van der Waals surface area contributed by atoms with Crippen LogP contribution in [0.4, 0.5) is 0 Å². The number of hydrogen-bond donors (Lipinski definition) is 1. The molecule has 3 rings (SSSR count). The van der Waals surface area contributed by atoms with E-state index in [9.17, 15) is 0 Å². The van der Waals surface area contributed by atoms with Crippen LogP contribution in [0.5, 0.6) is 0 Å². The smallest absolute Gasteiger partial charge is 0.0649 e. The molecule has 0 radical (unpaired) electrons. The summed E-state index contributed by atoms with van der Waals surface area (Å²) in [5.41, 5.74) is 1.00. The lowest BCUT2D eigenvalue weighted by Gasteiger charge is -2.18. The summed E-state index contributed by atoms with van der Waals surface area (Å²) in [5.74, 6) is 0.800. The van der Waals surface area contributed by atoms with Crippen LogP contribution in [0.3, 0.4) is 0 Å². The van der Waals surface area contributed by atoms with Crippen molar-refractivity contribution in [2.24, 2.45) is 5.92 Å². The molecule has 0 unspecified atom stereocenters. The number of pyridine rings is 1. The number of fused-ring (bicyclic) bond motifs is 1. The van der Waals surface area contributed by atoms with Gasteiger partial charge in [-0.05, 0) is 18.9 Å². The summed E-state index contributed by atoms with van der Waals surface area (Å²) in [6.45, 7) is 4.24. The summed E-state index contributed by atoms with van der Waals surface area (Å²) < 4.78 is 0. The molecule has 19 heavy (non-hydrogen) atoms.